The topological polar surface area (TPSA) is 73.3 Å². The van der Waals surface area contributed by atoms with Crippen molar-refractivity contribution in [3.63, 3.8) is 0 Å². The molecule has 0 aliphatic carbocycles. The lowest BCUT2D eigenvalue weighted by Crippen LogP contribution is -2.19. The van der Waals surface area contributed by atoms with Gasteiger partial charge >= 0.3 is 0 Å². The molecule has 0 fully saturated rings. The van der Waals surface area contributed by atoms with Gasteiger partial charge in [0, 0.05) is 18.5 Å². The van der Waals surface area contributed by atoms with Crippen LogP contribution in [0.5, 0.6) is 5.88 Å². The summed E-state index contributed by atoms with van der Waals surface area (Å²) in [6.07, 6.45) is 2.44. The van der Waals surface area contributed by atoms with Gasteiger partial charge in [0.2, 0.25) is 5.88 Å². The molecular weight excluding hydrogens is 230 g/mol. The van der Waals surface area contributed by atoms with Crippen LogP contribution in [-0.4, -0.2) is 18.1 Å². The molecule has 3 N–H and O–H groups in total. The van der Waals surface area contributed by atoms with Crippen molar-refractivity contribution in [1.82, 2.24) is 4.98 Å². The average molecular weight is 247 g/mol. The van der Waals surface area contributed by atoms with Gasteiger partial charge in [-0.1, -0.05) is 0 Å². The van der Waals surface area contributed by atoms with E-state index in [9.17, 15) is 0 Å². The van der Waals surface area contributed by atoms with Crippen LogP contribution in [0.15, 0.2) is 34.9 Å². The van der Waals surface area contributed by atoms with Gasteiger partial charge in [0.15, 0.2) is 5.82 Å². The number of nitrogens with zero attached hydrogens (tertiary/aromatic N) is 1. The van der Waals surface area contributed by atoms with E-state index in [1.54, 1.807) is 25.5 Å². The molecule has 0 aliphatic heterocycles. The molecule has 2 heterocycles. The van der Waals surface area contributed by atoms with E-state index in [2.05, 4.69) is 10.3 Å². The van der Waals surface area contributed by atoms with E-state index < -0.39 is 0 Å². The predicted octanol–water partition coefficient (Wildman–Crippen LogP) is 2.31. The fourth-order valence-electron chi connectivity index (χ4n) is 1.70. The summed E-state index contributed by atoms with van der Waals surface area (Å²) in [5, 5.41) is 3.25. The van der Waals surface area contributed by atoms with E-state index in [1.807, 2.05) is 19.1 Å². The van der Waals surface area contributed by atoms with E-state index in [-0.39, 0.29) is 6.04 Å². The van der Waals surface area contributed by atoms with Crippen molar-refractivity contribution in [2.45, 2.75) is 19.4 Å². The monoisotopic (exact) mass is 247 g/mol. The third kappa shape index (κ3) is 2.94. The minimum atomic E-state index is 0.165. The van der Waals surface area contributed by atoms with Crippen LogP contribution < -0.4 is 15.8 Å². The Morgan fingerprint density at radius 1 is 1.44 bits per heavy atom. The average Bonchev–Trinajstić information content (AvgIpc) is 2.84. The zero-order valence-electron chi connectivity index (χ0n) is 10.5. The number of nitrogens with one attached hydrogen (secondary N) is 1. The van der Waals surface area contributed by atoms with Gasteiger partial charge in [-0.3, -0.25) is 0 Å². The molecular formula is C13H17N3O2. The maximum Gasteiger partial charge on any atom is 0.215 e. The van der Waals surface area contributed by atoms with E-state index in [4.69, 9.17) is 14.9 Å². The fraction of sp³-hybridized carbons (Fsp3) is 0.308. The van der Waals surface area contributed by atoms with Crippen molar-refractivity contribution >= 4 is 11.5 Å². The van der Waals surface area contributed by atoms with E-state index in [1.165, 1.54) is 0 Å². The minimum absolute atomic E-state index is 0.165. The zero-order valence-corrected chi connectivity index (χ0v) is 10.5. The molecule has 0 radical (unpaired) electrons. The zero-order chi connectivity index (χ0) is 13.0. The van der Waals surface area contributed by atoms with Gasteiger partial charge in [-0.25, -0.2) is 0 Å². The van der Waals surface area contributed by atoms with Crippen LogP contribution in [0.4, 0.5) is 11.5 Å². The summed E-state index contributed by atoms with van der Waals surface area (Å²) in [7, 11) is 1.58. The molecule has 0 amide bonds. The summed E-state index contributed by atoms with van der Waals surface area (Å²) >= 11 is 0. The Morgan fingerprint density at radius 3 is 2.94 bits per heavy atom. The van der Waals surface area contributed by atoms with Crippen molar-refractivity contribution in [3.8, 4) is 5.88 Å². The molecule has 0 spiro atoms. The molecule has 18 heavy (non-hydrogen) atoms. The highest BCUT2D eigenvalue weighted by Gasteiger charge is 2.09. The first-order valence-electron chi connectivity index (χ1n) is 5.78. The molecule has 0 saturated carbocycles. The number of nitrogen functional groups attached to an aromatic ring is 1. The molecule has 0 aromatic carbocycles. The number of nitrogens with two attached hydrogens (primary N) is 1. The van der Waals surface area contributed by atoms with Gasteiger partial charge in [-0.05, 0) is 25.1 Å². The smallest absolute Gasteiger partial charge is 0.215 e. The quantitative estimate of drug-likeness (QED) is 0.848. The summed E-state index contributed by atoms with van der Waals surface area (Å²) < 4.78 is 10.4. The molecule has 5 nitrogen and oxygen atoms in total. The Labute approximate surface area is 106 Å². The molecule has 2 aromatic heterocycles. The summed E-state index contributed by atoms with van der Waals surface area (Å²) in [5.74, 6) is 2.10. The van der Waals surface area contributed by atoms with Crippen molar-refractivity contribution in [1.29, 1.82) is 0 Å². The van der Waals surface area contributed by atoms with Crippen LogP contribution in [0.3, 0.4) is 0 Å². The van der Waals surface area contributed by atoms with Crippen LogP contribution in [0.25, 0.3) is 0 Å². The lowest BCUT2D eigenvalue weighted by molar-refractivity contribution is 0.398. The number of hydrogen-bond acceptors (Lipinski definition) is 5. The first kappa shape index (κ1) is 12.3. The molecule has 1 unspecified atom stereocenters. The molecule has 96 valence electrons. The van der Waals surface area contributed by atoms with Crippen LogP contribution in [0.2, 0.25) is 0 Å². The lowest BCUT2D eigenvalue weighted by atomic mass is 10.2. The van der Waals surface area contributed by atoms with Gasteiger partial charge in [0.05, 0.1) is 19.1 Å². The highest BCUT2D eigenvalue weighted by molar-refractivity contribution is 5.62. The van der Waals surface area contributed by atoms with Gasteiger partial charge < -0.3 is 20.2 Å². The standard InChI is InChI=1S/C13H17N3O2/c1-9(8-10-4-3-7-18-10)15-13-11(14)5-6-12(16-13)17-2/h3-7,9H,8,14H2,1-2H3,(H,15,16). The van der Waals surface area contributed by atoms with Crippen LogP contribution in [0.1, 0.15) is 12.7 Å². The summed E-state index contributed by atoms with van der Waals surface area (Å²) in [6.45, 7) is 2.04. The van der Waals surface area contributed by atoms with Gasteiger partial charge in [0.1, 0.15) is 5.76 Å². The highest BCUT2D eigenvalue weighted by Crippen LogP contribution is 2.20. The number of methoxy groups -OCH3 is 1. The van der Waals surface area contributed by atoms with Crippen molar-refractivity contribution in [2.75, 3.05) is 18.2 Å². The molecule has 0 saturated heterocycles. The summed E-state index contributed by atoms with van der Waals surface area (Å²) in [4.78, 5) is 4.27. The first-order chi connectivity index (χ1) is 8.69. The number of ether oxygens (including phenoxy) is 1. The van der Waals surface area contributed by atoms with Crippen molar-refractivity contribution in [3.05, 3.63) is 36.3 Å². The van der Waals surface area contributed by atoms with E-state index in [0.717, 1.165) is 12.2 Å². The second kappa shape index (κ2) is 5.44. The Kier molecular flexibility index (Phi) is 3.72. The Bertz CT molecular complexity index is 497. The second-order valence-corrected chi connectivity index (χ2v) is 4.12. The SMILES string of the molecule is COc1ccc(N)c(NC(C)Cc2ccco2)n1. The van der Waals surface area contributed by atoms with Crippen molar-refractivity contribution < 1.29 is 9.15 Å². The van der Waals surface area contributed by atoms with Crippen LogP contribution in [0, 0.1) is 0 Å². The lowest BCUT2D eigenvalue weighted by Gasteiger charge is -2.15. The fourth-order valence-corrected chi connectivity index (χ4v) is 1.70. The van der Waals surface area contributed by atoms with Gasteiger partial charge in [-0.2, -0.15) is 4.98 Å². The number of anilines is 2. The van der Waals surface area contributed by atoms with E-state index in [0.29, 0.717) is 17.4 Å². The highest BCUT2D eigenvalue weighted by atomic mass is 16.5. The van der Waals surface area contributed by atoms with Gasteiger partial charge in [-0.15, -0.1) is 0 Å². The normalized spacial score (nSPS) is 12.1. The third-order valence-corrected chi connectivity index (χ3v) is 2.58. The number of aromatic nitrogens is 1. The molecule has 0 aliphatic rings. The van der Waals surface area contributed by atoms with Crippen LogP contribution in [-0.2, 0) is 6.42 Å². The third-order valence-electron chi connectivity index (χ3n) is 2.58. The first-order valence-corrected chi connectivity index (χ1v) is 5.78. The number of furan rings is 1. The minimum Gasteiger partial charge on any atom is -0.481 e. The Morgan fingerprint density at radius 2 is 2.28 bits per heavy atom. The predicted molar refractivity (Wildman–Crippen MR) is 70.7 cm³/mol. The maximum atomic E-state index is 5.86. The number of rotatable bonds is 5. The maximum absolute atomic E-state index is 5.86. The largest absolute Gasteiger partial charge is 0.481 e. The Balaban J connectivity index is 2.04. The van der Waals surface area contributed by atoms with Crippen molar-refractivity contribution in [2.24, 2.45) is 0 Å². The summed E-state index contributed by atoms with van der Waals surface area (Å²) in [5.41, 5.74) is 6.46. The molecule has 5 heteroatoms. The molecule has 0 bridgehead atoms. The molecule has 2 aromatic rings. The summed E-state index contributed by atoms with van der Waals surface area (Å²) in [6, 6.07) is 7.49. The van der Waals surface area contributed by atoms with Crippen LogP contribution >= 0.6 is 0 Å². The molecule has 2 rings (SSSR count). The van der Waals surface area contributed by atoms with Gasteiger partial charge in [0.25, 0.3) is 0 Å². The number of pyridine rings is 1. The Hall–Kier alpha value is -2.17. The van der Waals surface area contributed by atoms with E-state index >= 15 is 0 Å². The molecule has 1 atom stereocenters. The second-order valence-electron chi connectivity index (χ2n) is 4.12. The number of hydrogen-bond donors (Lipinski definition) is 2.